The van der Waals surface area contributed by atoms with Gasteiger partial charge in [0.15, 0.2) is 0 Å². The van der Waals surface area contributed by atoms with Crippen molar-refractivity contribution < 1.29 is 4.74 Å². The highest BCUT2D eigenvalue weighted by Crippen LogP contribution is 2.31. The monoisotopic (exact) mass is 289 g/mol. The van der Waals surface area contributed by atoms with Crippen molar-refractivity contribution in [3.63, 3.8) is 0 Å². The van der Waals surface area contributed by atoms with Gasteiger partial charge in [-0.25, -0.2) is 0 Å². The van der Waals surface area contributed by atoms with Crippen molar-refractivity contribution in [2.24, 2.45) is 5.92 Å². The standard InChI is InChI=1S/C13H24BrNO/c1-10-8-15(7-5-12(10)14)9-11-4-6-13(2,3)16-11/h10-12H,4-9H2,1-3H3. The molecule has 2 aliphatic heterocycles. The summed E-state index contributed by atoms with van der Waals surface area (Å²) in [5.41, 5.74) is 0.115. The number of rotatable bonds is 2. The Kier molecular flexibility index (Phi) is 3.97. The minimum Gasteiger partial charge on any atom is -0.371 e. The molecule has 94 valence electrons. The highest BCUT2D eigenvalue weighted by molar-refractivity contribution is 9.09. The topological polar surface area (TPSA) is 12.5 Å². The van der Waals surface area contributed by atoms with Gasteiger partial charge in [0.05, 0.1) is 11.7 Å². The first-order valence-corrected chi connectivity index (χ1v) is 7.42. The van der Waals surface area contributed by atoms with Gasteiger partial charge < -0.3 is 9.64 Å². The number of nitrogens with zero attached hydrogens (tertiary/aromatic N) is 1. The van der Waals surface area contributed by atoms with Crippen LogP contribution in [0.3, 0.4) is 0 Å². The van der Waals surface area contributed by atoms with Gasteiger partial charge in [0.25, 0.3) is 0 Å². The molecule has 16 heavy (non-hydrogen) atoms. The first-order chi connectivity index (χ1) is 7.46. The van der Waals surface area contributed by atoms with Crippen LogP contribution in [0.15, 0.2) is 0 Å². The van der Waals surface area contributed by atoms with Crippen LogP contribution in [0, 0.1) is 5.92 Å². The lowest BCUT2D eigenvalue weighted by molar-refractivity contribution is -0.0321. The number of halogens is 1. The van der Waals surface area contributed by atoms with Gasteiger partial charge in [-0.3, -0.25) is 0 Å². The molecule has 0 amide bonds. The fourth-order valence-electron chi connectivity index (χ4n) is 2.86. The number of hydrogen-bond donors (Lipinski definition) is 0. The molecule has 2 nitrogen and oxygen atoms in total. The highest BCUT2D eigenvalue weighted by Gasteiger charge is 2.33. The molecule has 0 spiro atoms. The molecule has 2 fully saturated rings. The molecule has 3 unspecified atom stereocenters. The summed E-state index contributed by atoms with van der Waals surface area (Å²) in [6.07, 6.45) is 4.18. The first-order valence-electron chi connectivity index (χ1n) is 6.50. The number of ether oxygens (including phenoxy) is 1. The number of hydrogen-bond acceptors (Lipinski definition) is 2. The average Bonchev–Trinajstić information content (AvgIpc) is 2.52. The summed E-state index contributed by atoms with van der Waals surface area (Å²) in [6, 6.07) is 0. The van der Waals surface area contributed by atoms with Gasteiger partial charge in [-0.05, 0) is 45.6 Å². The Labute approximate surface area is 108 Å². The Bertz CT molecular complexity index is 244. The summed E-state index contributed by atoms with van der Waals surface area (Å²) in [5.74, 6) is 0.767. The van der Waals surface area contributed by atoms with Crippen LogP contribution in [0.5, 0.6) is 0 Å². The van der Waals surface area contributed by atoms with Crippen LogP contribution < -0.4 is 0 Å². The molecule has 2 aliphatic rings. The van der Waals surface area contributed by atoms with Gasteiger partial charge in [-0.2, -0.15) is 0 Å². The van der Waals surface area contributed by atoms with Gasteiger partial charge in [0.2, 0.25) is 0 Å². The summed E-state index contributed by atoms with van der Waals surface area (Å²) in [5, 5.41) is 0. The Morgan fingerprint density at radius 1 is 1.38 bits per heavy atom. The molecule has 0 radical (unpaired) electrons. The third-order valence-electron chi connectivity index (χ3n) is 3.90. The summed E-state index contributed by atoms with van der Waals surface area (Å²) in [7, 11) is 0. The zero-order valence-electron chi connectivity index (χ0n) is 10.7. The summed E-state index contributed by atoms with van der Waals surface area (Å²) < 4.78 is 6.06. The van der Waals surface area contributed by atoms with Crippen LogP contribution in [0.25, 0.3) is 0 Å². The van der Waals surface area contributed by atoms with E-state index in [0.29, 0.717) is 10.9 Å². The van der Waals surface area contributed by atoms with E-state index in [1.54, 1.807) is 0 Å². The lowest BCUT2D eigenvalue weighted by Gasteiger charge is -2.35. The lowest BCUT2D eigenvalue weighted by atomic mass is 9.99. The van der Waals surface area contributed by atoms with Crippen LogP contribution in [-0.2, 0) is 4.74 Å². The van der Waals surface area contributed by atoms with E-state index in [1.807, 2.05) is 0 Å². The largest absolute Gasteiger partial charge is 0.371 e. The van der Waals surface area contributed by atoms with Gasteiger partial charge in [-0.15, -0.1) is 0 Å². The maximum atomic E-state index is 6.06. The van der Waals surface area contributed by atoms with Crippen molar-refractivity contribution in [2.45, 2.75) is 56.6 Å². The van der Waals surface area contributed by atoms with E-state index in [4.69, 9.17) is 4.74 Å². The zero-order chi connectivity index (χ0) is 11.8. The normalized spacial score (nSPS) is 40.1. The second-order valence-electron chi connectivity index (χ2n) is 6.08. The predicted molar refractivity (Wildman–Crippen MR) is 71.1 cm³/mol. The summed E-state index contributed by atoms with van der Waals surface area (Å²) >= 11 is 3.75. The molecule has 0 bridgehead atoms. The molecule has 0 saturated carbocycles. The molecule has 0 aliphatic carbocycles. The smallest absolute Gasteiger partial charge is 0.0710 e. The van der Waals surface area contributed by atoms with Crippen LogP contribution in [0.4, 0.5) is 0 Å². The Hall–Kier alpha value is 0.400. The predicted octanol–water partition coefficient (Wildman–Crippen LogP) is 3.05. The molecule has 2 rings (SSSR count). The van der Waals surface area contributed by atoms with Crippen molar-refractivity contribution in [3.05, 3.63) is 0 Å². The van der Waals surface area contributed by atoms with E-state index in [0.717, 1.165) is 12.5 Å². The third-order valence-corrected chi connectivity index (χ3v) is 5.26. The van der Waals surface area contributed by atoms with Crippen molar-refractivity contribution in [1.29, 1.82) is 0 Å². The van der Waals surface area contributed by atoms with Crippen molar-refractivity contribution in [3.8, 4) is 0 Å². The van der Waals surface area contributed by atoms with E-state index in [9.17, 15) is 0 Å². The minimum atomic E-state index is 0.115. The van der Waals surface area contributed by atoms with Crippen molar-refractivity contribution in [2.75, 3.05) is 19.6 Å². The van der Waals surface area contributed by atoms with Crippen LogP contribution in [0.1, 0.15) is 40.0 Å². The number of piperidine rings is 1. The maximum absolute atomic E-state index is 6.06. The second kappa shape index (κ2) is 4.95. The molecule has 0 aromatic heterocycles. The number of likely N-dealkylation sites (tertiary alicyclic amines) is 1. The Balaban J connectivity index is 1.78. The molecule has 0 aromatic rings. The third kappa shape index (κ3) is 3.21. The molecular formula is C13H24BrNO. The van der Waals surface area contributed by atoms with E-state index < -0.39 is 0 Å². The zero-order valence-corrected chi connectivity index (χ0v) is 12.3. The van der Waals surface area contributed by atoms with Gasteiger partial charge >= 0.3 is 0 Å². The average molecular weight is 290 g/mol. The van der Waals surface area contributed by atoms with Gasteiger partial charge in [-0.1, -0.05) is 22.9 Å². The van der Waals surface area contributed by atoms with E-state index in [2.05, 4.69) is 41.6 Å². The van der Waals surface area contributed by atoms with Crippen molar-refractivity contribution in [1.82, 2.24) is 4.90 Å². The molecule has 3 atom stereocenters. The molecule has 2 heterocycles. The van der Waals surface area contributed by atoms with Crippen LogP contribution >= 0.6 is 15.9 Å². The Morgan fingerprint density at radius 3 is 2.69 bits per heavy atom. The quantitative estimate of drug-likeness (QED) is 0.725. The van der Waals surface area contributed by atoms with E-state index >= 15 is 0 Å². The summed E-state index contributed by atoms with van der Waals surface area (Å²) in [6.45, 7) is 10.3. The fraction of sp³-hybridized carbons (Fsp3) is 1.00. The lowest BCUT2D eigenvalue weighted by Crippen LogP contribution is -2.43. The molecule has 0 aromatic carbocycles. The van der Waals surface area contributed by atoms with Crippen LogP contribution in [-0.4, -0.2) is 41.1 Å². The molecule has 2 saturated heterocycles. The minimum absolute atomic E-state index is 0.115. The first kappa shape index (κ1) is 12.8. The maximum Gasteiger partial charge on any atom is 0.0710 e. The van der Waals surface area contributed by atoms with Gasteiger partial charge in [0, 0.05) is 17.9 Å². The number of alkyl halides is 1. The molecule has 3 heteroatoms. The summed E-state index contributed by atoms with van der Waals surface area (Å²) in [4.78, 5) is 3.29. The molecule has 0 N–H and O–H groups in total. The second-order valence-corrected chi connectivity index (χ2v) is 7.26. The Morgan fingerprint density at radius 2 is 2.12 bits per heavy atom. The fourth-order valence-corrected chi connectivity index (χ4v) is 3.24. The van der Waals surface area contributed by atoms with E-state index in [-0.39, 0.29) is 5.60 Å². The molecular weight excluding hydrogens is 266 g/mol. The van der Waals surface area contributed by atoms with E-state index in [1.165, 1.54) is 32.4 Å². The van der Waals surface area contributed by atoms with Gasteiger partial charge in [0.1, 0.15) is 0 Å². The SMILES string of the molecule is CC1CN(CC2CCC(C)(C)O2)CCC1Br. The van der Waals surface area contributed by atoms with Crippen molar-refractivity contribution >= 4 is 15.9 Å². The van der Waals surface area contributed by atoms with Crippen LogP contribution in [0.2, 0.25) is 0 Å². The highest BCUT2D eigenvalue weighted by atomic mass is 79.9.